The third-order valence-electron chi connectivity index (χ3n) is 0.743. The minimum absolute atomic E-state index is 0.188. The van der Waals surface area contributed by atoms with Crippen molar-refractivity contribution in [1.29, 1.82) is 0 Å². The zero-order valence-electron chi connectivity index (χ0n) is 7.57. The van der Waals surface area contributed by atoms with Gasteiger partial charge in [0.1, 0.15) is 11.8 Å². The molecule has 3 nitrogen and oxygen atoms in total. The van der Waals surface area contributed by atoms with Gasteiger partial charge in [-0.15, -0.1) is 33.2 Å². The molecule has 0 aliphatic rings. The van der Waals surface area contributed by atoms with E-state index in [1.807, 2.05) is 0 Å². The van der Waals surface area contributed by atoms with E-state index in [1.165, 1.54) is 0 Å². The molecule has 0 saturated heterocycles. The summed E-state index contributed by atoms with van der Waals surface area (Å²) in [5.74, 6) is 0. The van der Waals surface area contributed by atoms with Crippen LogP contribution in [0.3, 0.4) is 0 Å². The summed E-state index contributed by atoms with van der Waals surface area (Å²) in [7, 11) is 0. The smallest absolute Gasteiger partial charge is 0.434 e. The van der Waals surface area contributed by atoms with E-state index < -0.39 is 17.8 Å². The SMILES string of the molecule is CC(C)(C)OC(=O)OC[Si](Cl)(Cl)Cl. The van der Waals surface area contributed by atoms with E-state index in [2.05, 4.69) is 4.74 Å². The molecule has 0 saturated carbocycles. The maximum Gasteiger partial charge on any atom is 0.508 e. The van der Waals surface area contributed by atoms with Gasteiger partial charge in [0.15, 0.2) is 0 Å². The highest BCUT2D eigenvalue weighted by atomic mass is 35.8. The van der Waals surface area contributed by atoms with E-state index in [1.54, 1.807) is 20.8 Å². The van der Waals surface area contributed by atoms with Crippen LogP contribution in [0.1, 0.15) is 20.8 Å². The van der Waals surface area contributed by atoms with Crippen molar-refractivity contribution in [3.63, 3.8) is 0 Å². The fourth-order valence-corrected chi connectivity index (χ4v) is 1.19. The van der Waals surface area contributed by atoms with E-state index in [0.29, 0.717) is 0 Å². The highest BCUT2D eigenvalue weighted by Gasteiger charge is 2.28. The van der Waals surface area contributed by atoms with Gasteiger partial charge in [-0.25, -0.2) is 4.79 Å². The van der Waals surface area contributed by atoms with Crippen LogP contribution >= 0.6 is 33.2 Å². The van der Waals surface area contributed by atoms with Crippen LogP contribution in [0.2, 0.25) is 0 Å². The summed E-state index contributed by atoms with van der Waals surface area (Å²) in [6, 6.07) is -2.90. The third kappa shape index (κ3) is 10.3. The van der Waals surface area contributed by atoms with Crippen LogP contribution in [0, 0.1) is 0 Å². The second-order valence-corrected chi connectivity index (χ2v) is 12.4. The number of hydrogen-bond acceptors (Lipinski definition) is 3. The van der Waals surface area contributed by atoms with Crippen molar-refractivity contribution in [2.45, 2.75) is 26.4 Å². The zero-order chi connectivity index (χ0) is 10.7. The van der Waals surface area contributed by atoms with Crippen molar-refractivity contribution in [2.75, 3.05) is 6.23 Å². The molecule has 7 heteroatoms. The van der Waals surface area contributed by atoms with Gasteiger partial charge in [0.05, 0.1) is 0 Å². The Bertz CT molecular complexity index is 185. The average molecular weight is 266 g/mol. The Morgan fingerprint density at radius 1 is 1.31 bits per heavy atom. The van der Waals surface area contributed by atoms with Crippen LogP contribution in [0.5, 0.6) is 0 Å². The minimum atomic E-state index is -2.90. The van der Waals surface area contributed by atoms with Crippen molar-refractivity contribution < 1.29 is 14.3 Å². The van der Waals surface area contributed by atoms with Crippen molar-refractivity contribution >= 4 is 45.4 Å². The lowest BCUT2D eigenvalue weighted by molar-refractivity contribution is -0.000102. The number of halogens is 3. The first-order valence-electron chi connectivity index (χ1n) is 3.53. The molecule has 0 radical (unpaired) electrons. The summed E-state index contributed by atoms with van der Waals surface area (Å²) in [5.41, 5.74) is -0.591. The Morgan fingerprint density at radius 3 is 2.08 bits per heavy atom. The van der Waals surface area contributed by atoms with Crippen molar-refractivity contribution in [3.8, 4) is 0 Å². The summed E-state index contributed by atoms with van der Waals surface area (Å²) in [6.45, 7) is 5.17. The lowest BCUT2D eigenvalue weighted by Crippen LogP contribution is -2.28. The highest BCUT2D eigenvalue weighted by Crippen LogP contribution is 2.20. The van der Waals surface area contributed by atoms with Gasteiger partial charge in [-0.1, -0.05) is 0 Å². The predicted octanol–water partition coefficient (Wildman–Crippen LogP) is 3.13. The first-order chi connectivity index (χ1) is 5.60. The van der Waals surface area contributed by atoms with E-state index >= 15 is 0 Å². The molecule has 0 heterocycles. The normalized spacial score (nSPS) is 12.5. The molecule has 0 atom stereocenters. The molecule has 0 fully saturated rings. The Labute approximate surface area is 92.4 Å². The van der Waals surface area contributed by atoms with Crippen molar-refractivity contribution in [1.82, 2.24) is 0 Å². The molecule has 0 spiro atoms. The van der Waals surface area contributed by atoms with Crippen LogP contribution in [0.25, 0.3) is 0 Å². The highest BCUT2D eigenvalue weighted by molar-refractivity contribution is 7.64. The second kappa shape index (κ2) is 4.73. The van der Waals surface area contributed by atoms with E-state index in [4.69, 9.17) is 38.0 Å². The molecular formula is C6H11Cl3O3Si. The maximum atomic E-state index is 10.9. The van der Waals surface area contributed by atoms with Crippen LogP contribution in [-0.2, 0) is 9.47 Å². The van der Waals surface area contributed by atoms with E-state index in [9.17, 15) is 4.79 Å². The molecule has 0 aromatic rings. The summed E-state index contributed by atoms with van der Waals surface area (Å²) in [6.07, 6.45) is -1.00. The van der Waals surface area contributed by atoms with Gasteiger partial charge in [-0.2, -0.15) is 0 Å². The Kier molecular flexibility index (Phi) is 4.86. The second-order valence-electron chi connectivity index (χ2n) is 3.37. The molecule has 0 aliphatic carbocycles. The summed E-state index contributed by atoms with van der Waals surface area (Å²) < 4.78 is 9.41. The fourth-order valence-electron chi connectivity index (χ4n) is 0.420. The first-order valence-corrected chi connectivity index (χ1v) is 8.77. The molecule has 13 heavy (non-hydrogen) atoms. The monoisotopic (exact) mass is 264 g/mol. The summed E-state index contributed by atoms with van der Waals surface area (Å²) in [5, 5.41) is 0. The molecular weight excluding hydrogens is 255 g/mol. The van der Waals surface area contributed by atoms with Gasteiger partial charge in [0.2, 0.25) is 0 Å². The standard InChI is InChI=1S/C6H11Cl3O3Si/c1-6(2,3)12-5(10)11-4-13(7,8)9/h4H2,1-3H3. The quantitative estimate of drug-likeness (QED) is 0.437. The largest absolute Gasteiger partial charge is 0.508 e. The van der Waals surface area contributed by atoms with Crippen LogP contribution in [0.4, 0.5) is 4.79 Å². The van der Waals surface area contributed by atoms with Gasteiger partial charge in [-0.3, -0.25) is 0 Å². The molecule has 0 unspecified atom stereocenters. The topological polar surface area (TPSA) is 35.5 Å². The molecule has 0 N–H and O–H groups in total. The maximum absolute atomic E-state index is 10.9. The van der Waals surface area contributed by atoms with Gasteiger partial charge in [0.25, 0.3) is 0 Å². The van der Waals surface area contributed by atoms with Gasteiger partial charge in [-0.05, 0) is 20.8 Å². The minimum Gasteiger partial charge on any atom is -0.434 e. The van der Waals surface area contributed by atoms with Gasteiger partial charge < -0.3 is 9.47 Å². The predicted molar refractivity (Wildman–Crippen MR) is 55.5 cm³/mol. The third-order valence-corrected chi connectivity index (χ3v) is 2.20. The Balaban J connectivity index is 3.78. The lowest BCUT2D eigenvalue weighted by Gasteiger charge is -2.19. The zero-order valence-corrected chi connectivity index (χ0v) is 10.8. The summed E-state index contributed by atoms with van der Waals surface area (Å²) >= 11 is 16.5. The Hall–Kier alpha value is 0.357. The Morgan fingerprint density at radius 2 is 1.77 bits per heavy atom. The number of rotatable bonds is 2. The molecule has 0 aromatic carbocycles. The lowest BCUT2D eigenvalue weighted by atomic mass is 10.2. The van der Waals surface area contributed by atoms with Crippen molar-refractivity contribution in [3.05, 3.63) is 0 Å². The van der Waals surface area contributed by atoms with Gasteiger partial charge in [0, 0.05) is 0 Å². The number of carbonyl (C=O) groups excluding carboxylic acids is 1. The molecule has 0 amide bonds. The molecule has 0 bridgehead atoms. The number of carbonyl (C=O) groups is 1. The number of ether oxygens (including phenoxy) is 2. The van der Waals surface area contributed by atoms with Crippen LogP contribution in [0.15, 0.2) is 0 Å². The molecule has 0 rings (SSSR count). The van der Waals surface area contributed by atoms with E-state index in [0.717, 1.165) is 0 Å². The van der Waals surface area contributed by atoms with Crippen molar-refractivity contribution in [2.24, 2.45) is 0 Å². The van der Waals surface area contributed by atoms with Gasteiger partial charge >= 0.3 is 12.2 Å². The molecule has 0 aliphatic heterocycles. The summed E-state index contributed by atoms with van der Waals surface area (Å²) in [4.78, 5) is 10.9. The average Bonchev–Trinajstić information content (AvgIpc) is 1.78. The molecule has 0 aromatic heterocycles. The fraction of sp³-hybridized carbons (Fsp3) is 0.833. The first kappa shape index (κ1) is 13.4. The number of hydrogen-bond donors (Lipinski definition) is 0. The molecule has 78 valence electrons. The van der Waals surface area contributed by atoms with Crippen LogP contribution < -0.4 is 0 Å². The van der Waals surface area contributed by atoms with E-state index in [-0.39, 0.29) is 6.23 Å². The van der Waals surface area contributed by atoms with Crippen LogP contribution in [-0.4, -0.2) is 24.0 Å².